The number of hydrogen-bond acceptors (Lipinski definition) is 20. The number of carbonyl (C=O) groups excluding carboxylic acids is 6. The van der Waals surface area contributed by atoms with Crippen molar-refractivity contribution in [2.75, 3.05) is 38.2 Å². The van der Waals surface area contributed by atoms with Crippen molar-refractivity contribution >= 4 is 112 Å². The number of aliphatic hydroxyl groups is 1. The Morgan fingerprint density at radius 3 is 1.50 bits per heavy atom. The molecular formula is C66H83Cl5N2O20Si. The molecule has 94 heavy (non-hydrogen) atoms. The normalized spacial score (nSPS) is 26.5. The first kappa shape index (κ1) is 76.3. The van der Waals surface area contributed by atoms with Crippen LogP contribution >= 0.6 is 58.0 Å². The Morgan fingerprint density at radius 2 is 0.989 bits per heavy atom. The van der Waals surface area contributed by atoms with Gasteiger partial charge in [-0.2, -0.15) is 0 Å². The molecule has 3 fully saturated rings. The summed E-state index contributed by atoms with van der Waals surface area (Å²) in [6.45, 7) is 9.59. The lowest BCUT2D eigenvalue weighted by Crippen LogP contribution is -2.71. The molecule has 0 saturated carbocycles. The summed E-state index contributed by atoms with van der Waals surface area (Å²) in [5, 5.41) is 18.5. The molecule has 7 rings (SSSR count). The van der Waals surface area contributed by atoms with Crippen molar-refractivity contribution < 1.29 is 95.1 Å². The fraction of sp³-hybridized carbons (Fsp3) is 0.545. The van der Waals surface area contributed by atoms with Crippen molar-refractivity contribution in [2.45, 2.75) is 188 Å². The molecule has 3 aliphatic rings. The molecule has 516 valence electrons. The van der Waals surface area contributed by atoms with Gasteiger partial charge in [0.05, 0.1) is 33.0 Å². The van der Waals surface area contributed by atoms with Gasteiger partial charge >= 0.3 is 23.9 Å². The highest BCUT2D eigenvalue weighted by Crippen LogP contribution is 2.41. The number of ether oxygens (including phenoxy) is 12. The molecule has 3 heterocycles. The molecular weight excluding hydrogens is 1350 g/mol. The first-order chi connectivity index (χ1) is 44.8. The summed E-state index contributed by atoms with van der Waals surface area (Å²) in [5.74, 6) is -5.86. The van der Waals surface area contributed by atoms with Crippen LogP contribution in [0, 0.1) is 0 Å². The van der Waals surface area contributed by atoms with Crippen molar-refractivity contribution in [1.29, 1.82) is 0 Å². The van der Waals surface area contributed by atoms with Gasteiger partial charge in [0.1, 0.15) is 54.6 Å². The van der Waals surface area contributed by atoms with E-state index in [0.29, 0.717) is 12.3 Å². The third-order valence-electron chi connectivity index (χ3n) is 15.7. The van der Waals surface area contributed by atoms with Gasteiger partial charge in [-0.3, -0.25) is 28.8 Å². The molecule has 4 aromatic rings. The van der Waals surface area contributed by atoms with Gasteiger partial charge < -0.3 is 77.0 Å². The molecule has 0 radical (unpaired) electrons. The molecule has 4 aromatic carbocycles. The predicted molar refractivity (Wildman–Crippen MR) is 350 cm³/mol. The summed E-state index contributed by atoms with van der Waals surface area (Å²) in [5.41, 5.74) is 1.51. The second-order valence-corrected chi connectivity index (χ2v) is 31.0. The average molecular weight is 1430 g/mol. The summed E-state index contributed by atoms with van der Waals surface area (Å²) < 4.78 is 82.8. The Balaban J connectivity index is 1.43. The van der Waals surface area contributed by atoms with Crippen LogP contribution in [0.25, 0.3) is 0 Å². The minimum absolute atomic E-state index is 0.00864. The molecule has 0 spiro atoms. The first-order valence-corrected chi connectivity index (χ1v) is 35.0. The van der Waals surface area contributed by atoms with Crippen molar-refractivity contribution in [1.82, 2.24) is 10.6 Å². The minimum Gasteiger partial charge on any atom is -0.457 e. The smallest absolute Gasteiger partial charge is 0.321 e. The number of esters is 4. The molecule has 28 heteroatoms. The Bertz CT molecular complexity index is 2990. The molecule has 3 N–H and O–H groups in total. The van der Waals surface area contributed by atoms with Crippen molar-refractivity contribution in [3.05, 3.63) is 132 Å². The van der Waals surface area contributed by atoms with E-state index in [9.17, 15) is 33.9 Å². The summed E-state index contributed by atoms with van der Waals surface area (Å²) in [6, 6.07) is 34.2. The summed E-state index contributed by atoms with van der Waals surface area (Å²) in [7, 11) is -3.60. The van der Waals surface area contributed by atoms with Gasteiger partial charge in [-0.1, -0.05) is 190 Å². The van der Waals surface area contributed by atoms with Crippen LogP contribution in [0.5, 0.6) is 0 Å². The fourth-order valence-electron chi connectivity index (χ4n) is 11.6. The van der Waals surface area contributed by atoms with Gasteiger partial charge in [0.25, 0.3) is 18.0 Å². The fourth-order valence-corrected chi connectivity index (χ4v) is 16.6. The predicted octanol–water partition coefficient (Wildman–Crippen LogP) is 7.42. The maximum Gasteiger partial charge on any atom is 0.321 e. The van der Waals surface area contributed by atoms with Gasteiger partial charge in [0.15, 0.2) is 43.3 Å². The van der Waals surface area contributed by atoms with Crippen molar-refractivity contribution in [3.63, 3.8) is 0 Å². The van der Waals surface area contributed by atoms with E-state index in [1.807, 2.05) is 118 Å². The highest BCUT2D eigenvalue weighted by Gasteiger charge is 2.60. The number of amides is 2. The zero-order valence-electron chi connectivity index (χ0n) is 53.3. The number of halogens is 5. The van der Waals surface area contributed by atoms with E-state index in [4.69, 9.17) is 119 Å². The number of nitrogens with one attached hydrogen (secondary N) is 2. The second kappa shape index (κ2) is 36.5. The van der Waals surface area contributed by atoms with Gasteiger partial charge in [-0.05, 0) is 39.4 Å². The topological polar surface area (TPSA) is 267 Å². The quantitative estimate of drug-likeness (QED) is 0.0145. The molecule has 0 unspecified atom stereocenters. The van der Waals surface area contributed by atoms with E-state index >= 15 is 0 Å². The maximum atomic E-state index is 13.9. The summed E-state index contributed by atoms with van der Waals surface area (Å²) in [6.07, 6.45) is -19.0. The summed E-state index contributed by atoms with van der Waals surface area (Å²) in [4.78, 5) is 82.1. The lowest BCUT2D eigenvalue weighted by Gasteiger charge is -2.51. The molecule has 0 aromatic heterocycles. The van der Waals surface area contributed by atoms with Crippen molar-refractivity contribution in [3.8, 4) is 0 Å². The number of unbranched alkanes of at least 4 members (excludes halogenated alkanes) is 3. The lowest BCUT2D eigenvalue weighted by atomic mass is 9.94. The van der Waals surface area contributed by atoms with Crippen LogP contribution in [0.2, 0.25) is 5.04 Å². The van der Waals surface area contributed by atoms with Crippen LogP contribution < -0.4 is 21.0 Å². The van der Waals surface area contributed by atoms with E-state index < -0.39 is 164 Å². The largest absolute Gasteiger partial charge is 0.457 e. The van der Waals surface area contributed by atoms with Crippen LogP contribution in [-0.4, -0.2) is 183 Å². The highest BCUT2D eigenvalue weighted by atomic mass is 35.6. The molecule has 3 aliphatic heterocycles. The van der Waals surface area contributed by atoms with E-state index in [-0.39, 0.29) is 26.4 Å². The zero-order valence-corrected chi connectivity index (χ0v) is 58.1. The van der Waals surface area contributed by atoms with Crippen LogP contribution in [-0.2, 0) is 103 Å². The van der Waals surface area contributed by atoms with Gasteiger partial charge in [0.2, 0.25) is 5.91 Å². The average Bonchev–Trinajstić information content (AvgIpc) is 0.754. The first-order valence-electron chi connectivity index (χ1n) is 30.9. The number of alkyl halides is 5. The molecule has 2 amide bonds. The zero-order chi connectivity index (χ0) is 68.2. The van der Waals surface area contributed by atoms with E-state index in [0.717, 1.165) is 61.5 Å². The van der Waals surface area contributed by atoms with Gasteiger partial charge in [-0.25, -0.2) is 0 Å². The van der Waals surface area contributed by atoms with E-state index in [1.54, 1.807) is 24.3 Å². The third-order valence-corrected chi connectivity index (χ3v) is 21.7. The highest BCUT2D eigenvalue weighted by molar-refractivity contribution is 6.99. The minimum atomic E-state index is -3.60. The molecule has 0 aliphatic carbocycles. The van der Waals surface area contributed by atoms with E-state index in [2.05, 4.69) is 10.6 Å². The van der Waals surface area contributed by atoms with Crippen LogP contribution in [0.4, 0.5) is 0 Å². The van der Waals surface area contributed by atoms with Gasteiger partial charge in [-0.15, -0.1) is 23.2 Å². The second-order valence-electron chi connectivity index (χ2n) is 23.8. The maximum absolute atomic E-state index is 13.9. The van der Waals surface area contributed by atoms with Crippen LogP contribution in [0.1, 0.15) is 85.3 Å². The van der Waals surface area contributed by atoms with Gasteiger partial charge in [0, 0.05) is 40.2 Å². The monoisotopic (exact) mass is 1430 g/mol. The molecule has 22 nitrogen and oxygen atoms in total. The lowest BCUT2D eigenvalue weighted by molar-refractivity contribution is -0.370. The van der Waals surface area contributed by atoms with Crippen LogP contribution in [0.15, 0.2) is 121 Å². The SMILES string of the molecule is CC(=O)N[C@H]1[C@H](OCCCCCCCl)O[C@H](COCc2ccccc2)[C@@H](O[C@@H]2O[C@H](CO[Si](c3ccccc3)(c3ccccc3)C(C)(C)C)[C@H](OC(C)=O)[C@H](O[C@@H]3O[C@H](COCc4ccccc4)[C@@H](O)[C@H](OC(C)=O)[C@H]3NC(=O)C(Cl)(Cl)Cl)[C@H]2OC(C)=O)[C@@H]1OC(=O)CCl. The summed E-state index contributed by atoms with van der Waals surface area (Å²) >= 11 is 30.8. The number of hydrogen-bond donors (Lipinski definition) is 3. The van der Waals surface area contributed by atoms with Crippen LogP contribution in [0.3, 0.4) is 0 Å². The number of rotatable bonds is 31. The van der Waals surface area contributed by atoms with E-state index in [1.165, 1.54) is 6.92 Å². The molecule has 0 bridgehead atoms. The molecule has 15 atom stereocenters. The Kier molecular flexibility index (Phi) is 29.7. The molecule has 3 saturated heterocycles. The number of aliphatic hydroxyl groups excluding tert-OH is 1. The third kappa shape index (κ3) is 21.2. The standard InChI is InChI=1S/C66H83Cl5N2O20Si/c1-40(74)72-53-58(91-51(78)34-68)55(49(38-82-36-45-26-16-11-17-27-45)89-61(53)83-33-23-9-8-22-32-67)92-63-60(87-43(4)77)59(56(85-41(2)75)50(90-63)39-84-94(65(5,6)7,46-28-18-12-19-29-46)47-30-20-13-21-31-47)93-62-52(73-64(80)66(69,70)71)57(86-42(3)76)54(79)48(88-62)37-81-35-44-24-14-10-15-25-44/h10-21,24-31,48-50,52-63,79H,8-9,22-23,32-39H2,1-7H3,(H,72,74)(H,73,80)/t48-,49-,50-,52-,53-,54-,55-,56+,57-,58-,59+,60-,61-,62+,63+/m1/s1. The van der Waals surface area contributed by atoms with Crippen molar-refractivity contribution in [2.24, 2.45) is 0 Å². The Labute approximate surface area is 573 Å². The number of carbonyl (C=O) groups is 6. The Hall–Kier alpha value is -5.03. The number of benzene rings is 4. The Morgan fingerprint density at radius 1 is 0.521 bits per heavy atom.